The largest absolute Gasteiger partial charge is 0.493 e. The lowest BCUT2D eigenvalue weighted by Crippen LogP contribution is -2.44. The van der Waals surface area contributed by atoms with Crippen molar-refractivity contribution in [3.8, 4) is 5.75 Å². The first kappa shape index (κ1) is 22.6. The van der Waals surface area contributed by atoms with Gasteiger partial charge in [-0.25, -0.2) is 4.79 Å². The van der Waals surface area contributed by atoms with Crippen LogP contribution in [0.4, 0.5) is 0 Å². The first-order valence-electron chi connectivity index (χ1n) is 12.9. The Hall–Kier alpha value is -2.86. The van der Waals surface area contributed by atoms with Crippen LogP contribution < -0.4 is 4.74 Å². The smallest absolute Gasteiger partial charge is 0.335 e. The van der Waals surface area contributed by atoms with Crippen molar-refractivity contribution in [2.75, 3.05) is 19.7 Å². The number of piperidine rings is 1. The second kappa shape index (κ2) is 8.37. The molecule has 2 fully saturated rings. The number of carboxylic acid groups (broad SMARTS) is 1. The van der Waals surface area contributed by atoms with Crippen LogP contribution in [-0.2, 0) is 16.8 Å². The zero-order valence-corrected chi connectivity index (χ0v) is 20.7. The Kier molecular flexibility index (Phi) is 5.40. The Balaban J connectivity index is 1.12. The van der Waals surface area contributed by atoms with E-state index in [0.29, 0.717) is 11.5 Å². The fourth-order valence-corrected chi connectivity index (χ4v) is 5.84. The molecule has 3 heterocycles. The summed E-state index contributed by atoms with van der Waals surface area (Å²) in [5, 5.41) is 13.5. The van der Waals surface area contributed by atoms with E-state index < -0.39 is 5.97 Å². The number of ether oxygens (including phenoxy) is 1. The van der Waals surface area contributed by atoms with E-state index in [4.69, 9.17) is 14.7 Å². The molecular formula is C29H34N2O4. The predicted octanol–water partition coefficient (Wildman–Crippen LogP) is 5.48. The van der Waals surface area contributed by atoms with Gasteiger partial charge in [-0.2, -0.15) is 0 Å². The third-order valence-corrected chi connectivity index (χ3v) is 8.37. The van der Waals surface area contributed by atoms with Gasteiger partial charge in [0.25, 0.3) is 0 Å². The van der Waals surface area contributed by atoms with Gasteiger partial charge >= 0.3 is 5.97 Å². The minimum Gasteiger partial charge on any atom is -0.493 e. The molecule has 1 aliphatic carbocycles. The van der Waals surface area contributed by atoms with Crippen LogP contribution in [0.15, 0.2) is 41.6 Å². The van der Waals surface area contributed by atoms with Crippen molar-refractivity contribution in [2.24, 2.45) is 5.16 Å². The van der Waals surface area contributed by atoms with Crippen LogP contribution in [0.25, 0.3) is 0 Å². The molecule has 3 aliphatic heterocycles. The van der Waals surface area contributed by atoms with Gasteiger partial charge in [-0.05, 0) is 59.4 Å². The summed E-state index contributed by atoms with van der Waals surface area (Å²) in [4.78, 5) is 19.7. The highest BCUT2D eigenvalue weighted by molar-refractivity contribution is 6.02. The zero-order valence-electron chi connectivity index (χ0n) is 20.7. The third-order valence-electron chi connectivity index (χ3n) is 8.37. The number of carboxylic acids is 1. The molecule has 4 aliphatic rings. The lowest BCUT2D eigenvalue weighted by Gasteiger charge is -2.38. The molecule has 1 spiro atoms. The molecule has 6 heteroatoms. The Labute approximate surface area is 206 Å². The first-order chi connectivity index (χ1) is 16.8. The predicted molar refractivity (Wildman–Crippen MR) is 134 cm³/mol. The Bertz CT molecular complexity index is 1170. The second-order valence-electron chi connectivity index (χ2n) is 11.5. The molecule has 184 valence electrons. The second-order valence-corrected chi connectivity index (χ2v) is 11.5. The van der Waals surface area contributed by atoms with Crippen molar-refractivity contribution >= 4 is 11.7 Å². The van der Waals surface area contributed by atoms with Crippen LogP contribution in [0.2, 0.25) is 0 Å². The SMILES string of the molecule is CC1(C)CCOc2c(C3CC3)cc(CN3CCC4(CC3)CC(c3ccc(C(=O)O)cc3)=NO4)cc21. The highest BCUT2D eigenvalue weighted by Crippen LogP contribution is 2.50. The lowest BCUT2D eigenvalue weighted by molar-refractivity contribution is -0.0627. The number of aromatic carboxylic acids is 1. The van der Waals surface area contributed by atoms with Crippen LogP contribution >= 0.6 is 0 Å². The van der Waals surface area contributed by atoms with Gasteiger partial charge in [0.05, 0.1) is 17.9 Å². The monoisotopic (exact) mass is 474 g/mol. The molecule has 0 aromatic heterocycles. The van der Waals surface area contributed by atoms with E-state index in [1.807, 2.05) is 12.1 Å². The van der Waals surface area contributed by atoms with Gasteiger partial charge in [0, 0.05) is 44.5 Å². The summed E-state index contributed by atoms with van der Waals surface area (Å²) in [7, 11) is 0. The highest BCUT2D eigenvalue weighted by atomic mass is 16.7. The van der Waals surface area contributed by atoms with E-state index in [1.54, 1.807) is 12.1 Å². The van der Waals surface area contributed by atoms with Crippen LogP contribution in [0.5, 0.6) is 5.75 Å². The summed E-state index contributed by atoms with van der Waals surface area (Å²) in [6.45, 7) is 8.45. The van der Waals surface area contributed by atoms with Crippen molar-refractivity contribution in [2.45, 2.75) is 75.9 Å². The maximum atomic E-state index is 11.1. The van der Waals surface area contributed by atoms with E-state index >= 15 is 0 Å². The average molecular weight is 475 g/mol. The van der Waals surface area contributed by atoms with Crippen LogP contribution in [-0.4, -0.2) is 47.0 Å². The summed E-state index contributed by atoms with van der Waals surface area (Å²) in [6.07, 6.45) is 6.31. The molecule has 6 nitrogen and oxygen atoms in total. The summed E-state index contributed by atoms with van der Waals surface area (Å²) < 4.78 is 6.19. The molecule has 1 saturated heterocycles. The minimum atomic E-state index is -0.913. The van der Waals surface area contributed by atoms with Crippen LogP contribution in [0.1, 0.15) is 90.9 Å². The molecule has 2 aromatic rings. The van der Waals surface area contributed by atoms with Crippen molar-refractivity contribution in [1.29, 1.82) is 0 Å². The molecule has 0 unspecified atom stereocenters. The van der Waals surface area contributed by atoms with Crippen molar-refractivity contribution in [1.82, 2.24) is 4.90 Å². The van der Waals surface area contributed by atoms with Crippen LogP contribution in [0, 0.1) is 0 Å². The van der Waals surface area contributed by atoms with Crippen molar-refractivity contribution < 1.29 is 19.5 Å². The molecule has 1 N–H and O–H groups in total. The molecule has 35 heavy (non-hydrogen) atoms. The van der Waals surface area contributed by atoms with E-state index in [-0.39, 0.29) is 11.0 Å². The van der Waals surface area contributed by atoms with Crippen molar-refractivity contribution in [3.05, 3.63) is 64.2 Å². The van der Waals surface area contributed by atoms with E-state index in [1.165, 1.54) is 35.3 Å². The Morgan fingerprint density at radius 1 is 1.11 bits per heavy atom. The minimum absolute atomic E-state index is 0.160. The average Bonchev–Trinajstić information content (AvgIpc) is 3.61. The normalized spacial score (nSPS) is 22.7. The molecular weight excluding hydrogens is 440 g/mol. The number of hydrogen-bond donors (Lipinski definition) is 1. The van der Waals surface area contributed by atoms with Gasteiger partial charge < -0.3 is 14.7 Å². The third kappa shape index (κ3) is 4.33. The Morgan fingerprint density at radius 3 is 2.54 bits per heavy atom. The first-order valence-corrected chi connectivity index (χ1v) is 12.9. The molecule has 0 amide bonds. The fraction of sp³-hybridized carbons (Fsp3) is 0.517. The van der Waals surface area contributed by atoms with Gasteiger partial charge in [0.2, 0.25) is 0 Å². The van der Waals surface area contributed by atoms with Gasteiger partial charge in [0.1, 0.15) is 11.4 Å². The van der Waals surface area contributed by atoms with Gasteiger partial charge in [-0.3, -0.25) is 4.90 Å². The lowest BCUT2D eigenvalue weighted by atomic mass is 9.77. The fourth-order valence-electron chi connectivity index (χ4n) is 5.84. The van der Waals surface area contributed by atoms with E-state index in [0.717, 1.165) is 63.2 Å². The topological polar surface area (TPSA) is 71.4 Å². The quantitative estimate of drug-likeness (QED) is 0.621. The number of oxime groups is 1. The summed E-state index contributed by atoms with van der Waals surface area (Å²) in [5.74, 6) is 0.934. The number of fused-ring (bicyclic) bond motifs is 1. The number of nitrogens with zero attached hydrogens (tertiary/aromatic N) is 2. The maximum Gasteiger partial charge on any atom is 0.335 e. The number of hydrogen-bond acceptors (Lipinski definition) is 5. The molecule has 0 atom stereocenters. The highest BCUT2D eigenvalue weighted by Gasteiger charge is 2.42. The van der Waals surface area contributed by atoms with Gasteiger partial charge in [-0.15, -0.1) is 0 Å². The maximum absolute atomic E-state index is 11.1. The van der Waals surface area contributed by atoms with Gasteiger partial charge in [-0.1, -0.05) is 43.3 Å². The number of benzene rings is 2. The van der Waals surface area contributed by atoms with Gasteiger partial charge in [0.15, 0.2) is 0 Å². The number of carbonyl (C=O) groups is 1. The number of likely N-dealkylation sites (tertiary alicyclic amines) is 1. The summed E-state index contributed by atoms with van der Waals surface area (Å²) in [6, 6.07) is 11.7. The molecule has 0 radical (unpaired) electrons. The molecule has 1 saturated carbocycles. The molecule has 2 aromatic carbocycles. The standard InChI is InChI=1S/C29H34N2O4/c1-28(2)11-14-34-26-23(20-3-4-20)15-19(16-24(26)28)18-31-12-9-29(10-13-31)17-25(30-35-29)21-5-7-22(8-6-21)27(32)33/h5-8,15-16,20H,3-4,9-14,17-18H2,1-2H3,(H,32,33). The Morgan fingerprint density at radius 2 is 1.86 bits per heavy atom. The van der Waals surface area contributed by atoms with E-state index in [9.17, 15) is 4.79 Å². The van der Waals surface area contributed by atoms with E-state index in [2.05, 4.69) is 36.0 Å². The summed E-state index contributed by atoms with van der Waals surface area (Å²) in [5.41, 5.74) is 6.31. The number of rotatable bonds is 5. The summed E-state index contributed by atoms with van der Waals surface area (Å²) >= 11 is 0. The van der Waals surface area contributed by atoms with Crippen molar-refractivity contribution in [3.63, 3.8) is 0 Å². The zero-order chi connectivity index (χ0) is 24.2. The van der Waals surface area contributed by atoms with Crippen LogP contribution in [0.3, 0.4) is 0 Å². The molecule has 6 rings (SSSR count). The molecule has 0 bridgehead atoms.